The van der Waals surface area contributed by atoms with E-state index in [4.69, 9.17) is 0 Å². The maximum atomic E-state index is 11.8. The summed E-state index contributed by atoms with van der Waals surface area (Å²) in [4.78, 5) is 19.0. The second-order valence-electron chi connectivity index (χ2n) is 6.93. The summed E-state index contributed by atoms with van der Waals surface area (Å²) in [6, 6.07) is 0. The fourth-order valence-corrected chi connectivity index (χ4v) is 4.00. The van der Waals surface area contributed by atoms with Crippen molar-refractivity contribution in [3.8, 4) is 0 Å². The fraction of sp³-hybridized carbons (Fsp3) is 0.900. The summed E-state index contributed by atoms with van der Waals surface area (Å²) >= 11 is 0. The van der Waals surface area contributed by atoms with Crippen LogP contribution in [0.4, 0.5) is 0 Å². The number of aliphatic carboxylic acids is 2. The van der Waals surface area contributed by atoms with E-state index in [1.54, 1.807) is 0 Å². The molecule has 0 aliphatic heterocycles. The van der Waals surface area contributed by atoms with E-state index in [1.807, 2.05) is 0 Å². The first kappa shape index (κ1) is 37.2. The van der Waals surface area contributed by atoms with Gasteiger partial charge in [0.05, 0.1) is 11.5 Å². The summed E-state index contributed by atoms with van der Waals surface area (Å²) in [5.41, 5.74) is 0. The van der Waals surface area contributed by atoms with Gasteiger partial charge in [-0.05, 0) is 25.7 Å². The Labute approximate surface area is 222 Å². The zero-order valence-electron chi connectivity index (χ0n) is 19.2. The number of carboxylic acids is 2. The van der Waals surface area contributed by atoms with Crippen molar-refractivity contribution in [1.82, 2.24) is 0 Å². The molecule has 0 aromatic carbocycles. The normalized spacial score (nSPS) is 10.1. The molecule has 162 valence electrons. The van der Waals surface area contributed by atoms with Gasteiger partial charge in [0.2, 0.25) is 0 Å². The van der Waals surface area contributed by atoms with Crippen LogP contribution in [0.3, 0.4) is 0 Å². The zero-order valence-corrected chi connectivity index (χ0v) is 24.0. The Morgan fingerprint density at radius 3 is 1.14 bits per heavy atom. The quantitative estimate of drug-likeness (QED) is 0.166. The van der Waals surface area contributed by atoms with Crippen LogP contribution in [0.5, 0.6) is 0 Å². The minimum Gasteiger partial charge on any atom is -0.550 e. The third-order valence-electron chi connectivity index (χ3n) is 4.15. The van der Waals surface area contributed by atoms with Crippen LogP contribution in [0.15, 0.2) is 0 Å². The van der Waals surface area contributed by atoms with Crippen LogP contribution in [0.25, 0.3) is 0 Å². The monoisotopic (exact) mass is 452 g/mol. The standard InChI is InChI=1S/C16H34O2S.C4H6O4.2Na/c1-3-5-7-9-11-13-15-19(17,18)16-14-12-10-8-6-4-2;5-3(6)1-2-4(7)8;;/h3-16H2,1-2H3;1-2H2,(H,5,6)(H,7,8);;/q;;2*+1/p-2. The molecule has 29 heavy (non-hydrogen) atoms. The number of hydrogen-bond acceptors (Lipinski definition) is 6. The first-order valence-corrected chi connectivity index (χ1v) is 12.2. The maximum Gasteiger partial charge on any atom is 1.00 e. The fourth-order valence-electron chi connectivity index (χ4n) is 2.51. The van der Waals surface area contributed by atoms with E-state index in [0.717, 1.165) is 25.7 Å². The minimum atomic E-state index is -2.77. The van der Waals surface area contributed by atoms with Crippen LogP contribution < -0.4 is 69.3 Å². The van der Waals surface area contributed by atoms with Crippen molar-refractivity contribution in [3.05, 3.63) is 0 Å². The van der Waals surface area contributed by atoms with Crippen LogP contribution in [-0.2, 0) is 19.4 Å². The van der Waals surface area contributed by atoms with Crippen LogP contribution in [-0.4, -0.2) is 31.9 Å². The molecule has 0 fully saturated rings. The Morgan fingerprint density at radius 2 is 0.862 bits per heavy atom. The molecule has 0 bridgehead atoms. The molecule has 0 aromatic heterocycles. The van der Waals surface area contributed by atoms with Crippen molar-refractivity contribution in [2.75, 3.05) is 11.5 Å². The molecular formula is C20H38Na2O6S. The van der Waals surface area contributed by atoms with Crippen LogP contribution in [0.2, 0.25) is 0 Å². The van der Waals surface area contributed by atoms with Gasteiger partial charge in [0.1, 0.15) is 9.84 Å². The number of sulfone groups is 1. The molecule has 6 nitrogen and oxygen atoms in total. The molecule has 0 saturated heterocycles. The van der Waals surface area contributed by atoms with E-state index in [0.29, 0.717) is 11.5 Å². The molecule has 0 aromatic rings. The Bertz CT molecular complexity index is 434. The molecule has 0 N–H and O–H groups in total. The zero-order chi connectivity index (χ0) is 21.0. The molecule has 0 amide bonds. The summed E-state index contributed by atoms with van der Waals surface area (Å²) in [5.74, 6) is -1.91. The molecule has 0 aliphatic carbocycles. The summed E-state index contributed by atoms with van der Waals surface area (Å²) in [6.45, 7) is 4.40. The molecule has 0 heterocycles. The molecule has 0 aliphatic rings. The molecule has 0 spiro atoms. The summed E-state index contributed by atoms with van der Waals surface area (Å²) in [6.07, 6.45) is 12.9. The van der Waals surface area contributed by atoms with Gasteiger partial charge in [-0.25, -0.2) is 8.42 Å². The number of rotatable bonds is 17. The molecular weight excluding hydrogens is 414 g/mol. The predicted octanol–water partition coefficient (Wildman–Crippen LogP) is -3.60. The van der Waals surface area contributed by atoms with Gasteiger partial charge in [-0.2, -0.15) is 0 Å². The first-order chi connectivity index (χ1) is 12.7. The number of hydrogen-bond donors (Lipinski definition) is 0. The van der Waals surface area contributed by atoms with Crippen LogP contribution in [0.1, 0.15) is 104 Å². The Kier molecular flexibility index (Phi) is 34.6. The number of unbranched alkanes of at least 4 members (excludes halogenated alkanes) is 10. The van der Waals surface area contributed by atoms with Gasteiger partial charge < -0.3 is 19.8 Å². The molecule has 0 atom stereocenters. The first-order valence-electron chi connectivity index (χ1n) is 10.3. The van der Waals surface area contributed by atoms with Crippen molar-refractivity contribution < 1.29 is 87.3 Å². The third kappa shape index (κ3) is 36.6. The third-order valence-corrected chi connectivity index (χ3v) is 5.97. The number of carbonyl (C=O) groups is 2. The van der Waals surface area contributed by atoms with Gasteiger partial charge in [-0.15, -0.1) is 0 Å². The minimum absolute atomic E-state index is 0. The Balaban J connectivity index is -0.000000267. The van der Waals surface area contributed by atoms with Crippen molar-refractivity contribution in [2.24, 2.45) is 0 Å². The van der Waals surface area contributed by atoms with Crippen LogP contribution in [0, 0.1) is 0 Å². The van der Waals surface area contributed by atoms with Gasteiger partial charge in [0, 0.05) is 11.9 Å². The predicted molar refractivity (Wildman–Crippen MR) is 105 cm³/mol. The summed E-state index contributed by atoms with van der Waals surface area (Å²) in [7, 11) is -2.77. The van der Waals surface area contributed by atoms with Crippen molar-refractivity contribution in [1.29, 1.82) is 0 Å². The second-order valence-corrected chi connectivity index (χ2v) is 9.24. The Morgan fingerprint density at radius 1 is 0.586 bits per heavy atom. The largest absolute Gasteiger partial charge is 1.00 e. The van der Waals surface area contributed by atoms with Gasteiger partial charge in [-0.3, -0.25) is 0 Å². The van der Waals surface area contributed by atoms with E-state index in [9.17, 15) is 28.2 Å². The molecule has 0 rings (SSSR count). The van der Waals surface area contributed by atoms with E-state index in [1.165, 1.54) is 51.4 Å². The van der Waals surface area contributed by atoms with E-state index in [-0.39, 0.29) is 59.1 Å². The number of carboxylic acid groups (broad SMARTS) is 2. The molecule has 0 unspecified atom stereocenters. The van der Waals surface area contributed by atoms with Crippen molar-refractivity contribution >= 4 is 21.8 Å². The topological polar surface area (TPSA) is 114 Å². The summed E-state index contributed by atoms with van der Waals surface area (Å²) in [5, 5.41) is 19.0. The molecule has 0 saturated carbocycles. The number of carbonyl (C=O) groups excluding carboxylic acids is 2. The van der Waals surface area contributed by atoms with E-state index >= 15 is 0 Å². The van der Waals surface area contributed by atoms with Gasteiger partial charge in [-0.1, -0.05) is 78.1 Å². The second kappa shape index (κ2) is 26.9. The molecule has 0 radical (unpaired) electrons. The van der Waals surface area contributed by atoms with Crippen molar-refractivity contribution in [2.45, 2.75) is 104 Å². The van der Waals surface area contributed by atoms with Crippen LogP contribution >= 0.6 is 0 Å². The summed E-state index contributed by atoms with van der Waals surface area (Å²) < 4.78 is 23.6. The van der Waals surface area contributed by atoms with Gasteiger partial charge in [0.25, 0.3) is 0 Å². The molecule has 9 heteroatoms. The van der Waals surface area contributed by atoms with Gasteiger partial charge in [0.15, 0.2) is 0 Å². The maximum absolute atomic E-state index is 11.8. The van der Waals surface area contributed by atoms with Crippen molar-refractivity contribution in [3.63, 3.8) is 0 Å². The smallest absolute Gasteiger partial charge is 0.550 e. The SMILES string of the molecule is CCCCCCCCS(=O)(=O)CCCCCCCC.O=C([O-])CCC(=O)[O-].[Na+].[Na+]. The van der Waals surface area contributed by atoms with Gasteiger partial charge >= 0.3 is 59.1 Å². The van der Waals surface area contributed by atoms with E-state index in [2.05, 4.69) is 13.8 Å². The average Bonchev–Trinajstić information content (AvgIpc) is 2.60. The average molecular weight is 453 g/mol. The Hall–Kier alpha value is 0.890. The van der Waals surface area contributed by atoms with E-state index < -0.39 is 34.6 Å².